The Morgan fingerprint density at radius 1 is 1.17 bits per heavy atom. The van der Waals surface area contributed by atoms with Crippen LogP contribution in [0, 0.1) is 10.1 Å². The number of nitro groups is 1. The van der Waals surface area contributed by atoms with Gasteiger partial charge in [-0.25, -0.2) is 4.79 Å². The number of hydrogen-bond donors (Lipinski definition) is 1. The van der Waals surface area contributed by atoms with Gasteiger partial charge in [0.2, 0.25) is 0 Å². The minimum atomic E-state index is -1.04. The zero-order chi connectivity index (χ0) is 22.3. The maximum atomic E-state index is 12.6. The topological polar surface area (TPSA) is 102 Å². The van der Waals surface area contributed by atoms with Gasteiger partial charge in [0.25, 0.3) is 11.6 Å². The van der Waals surface area contributed by atoms with E-state index in [0.717, 1.165) is 18.1 Å². The van der Waals surface area contributed by atoms with E-state index in [4.69, 9.17) is 4.74 Å². The molecule has 1 amide bonds. The summed E-state index contributed by atoms with van der Waals surface area (Å²) in [6.45, 7) is 3.93. The van der Waals surface area contributed by atoms with Gasteiger partial charge in [0.1, 0.15) is 0 Å². The summed E-state index contributed by atoms with van der Waals surface area (Å²) >= 11 is 0. The highest BCUT2D eigenvalue weighted by Crippen LogP contribution is 2.25. The monoisotopic (exact) mass is 413 g/mol. The van der Waals surface area contributed by atoms with Gasteiger partial charge in [0.15, 0.2) is 6.10 Å². The quantitative estimate of drug-likeness (QED) is 0.383. The number of carbonyl (C=O) groups excluding carboxylic acids is 2. The molecule has 0 saturated heterocycles. The second-order valence-corrected chi connectivity index (χ2v) is 7.16. The fourth-order valence-corrected chi connectivity index (χ4v) is 3.06. The molecule has 0 fully saturated rings. The molecule has 0 bridgehead atoms. The lowest BCUT2D eigenvalue weighted by molar-refractivity contribution is -0.384. The summed E-state index contributed by atoms with van der Waals surface area (Å²) < 4.78 is 5.30. The standard InChI is InChI=1S/C22H27N3O5/c1-5-16(17-9-7-6-8-10-17)14-23-21(26)15(2)30-22(27)19-13-18(25(28)29)11-12-20(19)24(3)4/h6-13,15-16H,5,14H2,1-4H3,(H,23,26)/t15-,16-/m0/s1. The minimum Gasteiger partial charge on any atom is -0.449 e. The van der Waals surface area contributed by atoms with Crippen LogP contribution in [0.3, 0.4) is 0 Å². The molecule has 2 aromatic rings. The van der Waals surface area contributed by atoms with Gasteiger partial charge in [0.05, 0.1) is 16.2 Å². The smallest absolute Gasteiger partial charge is 0.341 e. The molecule has 0 aliphatic heterocycles. The molecule has 2 rings (SSSR count). The number of ether oxygens (including phenoxy) is 1. The van der Waals surface area contributed by atoms with Crippen molar-refractivity contribution in [2.24, 2.45) is 0 Å². The molecule has 2 aromatic carbocycles. The average Bonchev–Trinajstić information content (AvgIpc) is 2.74. The Balaban J connectivity index is 2.05. The lowest BCUT2D eigenvalue weighted by atomic mass is 9.96. The van der Waals surface area contributed by atoms with Crippen LogP contribution >= 0.6 is 0 Å². The van der Waals surface area contributed by atoms with Gasteiger partial charge in [-0.3, -0.25) is 14.9 Å². The Labute approximate surface area is 176 Å². The van der Waals surface area contributed by atoms with Crippen molar-refractivity contribution in [3.63, 3.8) is 0 Å². The van der Waals surface area contributed by atoms with Crippen LogP contribution in [0.4, 0.5) is 11.4 Å². The number of amides is 1. The van der Waals surface area contributed by atoms with Crippen molar-refractivity contribution in [2.75, 3.05) is 25.5 Å². The Hall–Kier alpha value is -3.42. The van der Waals surface area contributed by atoms with Crippen molar-refractivity contribution in [2.45, 2.75) is 32.3 Å². The van der Waals surface area contributed by atoms with E-state index in [9.17, 15) is 19.7 Å². The number of hydrogen-bond acceptors (Lipinski definition) is 6. The predicted molar refractivity (Wildman–Crippen MR) is 115 cm³/mol. The van der Waals surface area contributed by atoms with Crippen molar-refractivity contribution < 1.29 is 19.2 Å². The van der Waals surface area contributed by atoms with Crippen LogP contribution in [0.15, 0.2) is 48.5 Å². The van der Waals surface area contributed by atoms with Gasteiger partial charge < -0.3 is 15.0 Å². The number of benzene rings is 2. The fraction of sp³-hybridized carbons (Fsp3) is 0.364. The predicted octanol–water partition coefficient (Wildman–Crippen LogP) is 3.52. The summed E-state index contributed by atoms with van der Waals surface area (Å²) in [6.07, 6.45) is -0.196. The third-order valence-corrected chi connectivity index (χ3v) is 4.83. The summed E-state index contributed by atoms with van der Waals surface area (Å²) in [7, 11) is 3.42. The molecule has 0 saturated carbocycles. The Bertz CT molecular complexity index is 899. The molecule has 1 N–H and O–H groups in total. The zero-order valence-corrected chi connectivity index (χ0v) is 17.6. The maximum absolute atomic E-state index is 12.6. The second-order valence-electron chi connectivity index (χ2n) is 7.16. The average molecular weight is 413 g/mol. The summed E-state index contributed by atoms with van der Waals surface area (Å²) in [4.78, 5) is 37.2. The van der Waals surface area contributed by atoms with Crippen molar-refractivity contribution in [3.8, 4) is 0 Å². The van der Waals surface area contributed by atoms with Crippen LogP contribution in [0.5, 0.6) is 0 Å². The molecule has 0 aliphatic rings. The van der Waals surface area contributed by atoms with E-state index in [0.29, 0.717) is 12.2 Å². The highest BCUT2D eigenvalue weighted by atomic mass is 16.6. The normalized spacial score (nSPS) is 12.5. The number of rotatable bonds is 9. The molecule has 8 nitrogen and oxygen atoms in total. The van der Waals surface area contributed by atoms with Gasteiger partial charge in [-0.05, 0) is 25.0 Å². The van der Waals surface area contributed by atoms with Gasteiger partial charge >= 0.3 is 5.97 Å². The molecule has 0 aliphatic carbocycles. The molecule has 0 unspecified atom stereocenters. The molecule has 0 spiro atoms. The number of carbonyl (C=O) groups is 2. The van der Waals surface area contributed by atoms with E-state index in [2.05, 4.69) is 5.32 Å². The Morgan fingerprint density at radius 3 is 2.40 bits per heavy atom. The number of nitro benzene ring substituents is 1. The fourth-order valence-electron chi connectivity index (χ4n) is 3.06. The highest BCUT2D eigenvalue weighted by molar-refractivity contribution is 5.98. The van der Waals surface area contributed by atoms with Gasteiger partial charge in [-0.1, -0.05) is 37.3 Å². The van der Waals surface area contributed by atoms with Crippen LogP contribution in [0.2, 0.25) is 0 Å². The molecule has 0 aromatic heterocycles. The first kappa shape index (κ1) is 22.9. The maximum Gasteiger partial charge on any atom is 0.341 e. The second kappa shape index (κ2) is 10.4. The third-order valence-electron chi connectivity index (χ3n) is 4.83. The summed E-state index contributed by atoms with van der Waals surface area (Å²) in [5.41, 5.74) is 1.40. The van der Waals surface area contributed by atoms with Crippen LogP contribution < -0.4 is 10.2 Å². The lowest BCUT2D eigenvalue weighted by Crippen LogP contribution is -2.38. The van der Waals surface area contributed by atoms with Crippen LogP contribution in [-0.2, 0) is 9.53 Å². The lowest BCUT2D eigenvalue weighted by Gasteiger charge is -2.20. The highest BCUT2D eigenvalue weighted by Gasteiger charge is 2.24. The molecule has 0 heterocycles. The number of anilines is 1. The van der Waals surface area contributed by atoms with E-state index in [1.807, 2.05) is 37.3 Å². The van der Waals surface area contributed by atoms with Crippen molar-refractivity contribution >= 4 is 23.3 Å². The zero-order valence-electron chi connectivity index (χ0n) is 17.6. The van der Waals surface area contributed by atoms with E-state index in [-0.39, 0.29) is 17.2 Å². The van der Waals surface area contributed by atoms with Crippen molar-refractivity contribution in [3.05, 3.63) is 69.8 Å². The molecule has 8 heteroatoms. The van der Waals surface area contributed by atoms with Crippen molar-refractivity contribution in [1.82, 2.24) is 5.32 Å². The van der Waals surface area contributed by atoms with Crippen LogP contribution in [0.1, 0.15) is 42.1 Å². The van der Waals surface area contributed by atoms with Gasteiger partial charge in [-0.2, -0.15) is 0 Å². The van der Waals surface area contributed by atoms with Gasteiger partial charge in [0, 0.05) is 38.7 Å². The van der Waals surface area contributed by atoms with E-state index in [1.54, 1.807) is 19.0 Å². The number of nitrogens with one attached hydrogen (secondary N) is 1. The summed E-state index contributed by atoms with van der Waals surface area (Å²) in [6, 6.07) is 13.8. The molecule has 30 heavy (non-hydrogen) atoms. The minimum absolute atomic E-state index is 0.0320. The third kappa shape index (κ3) is 5.79. The summed E-state index contributed by atoms with van der Waals surface area (Å²) in [5, 5.41) is 13.9. The molecular formula is C22H27N3O5. The number of esters is 1. The Kier molecular flexibility index (Phi) is 7.91. The summed E-state index contributed by atoms with van der Waals surface area (Å²) in [5.74, 6) is -1.06. The van der Waals surface area contributed by atoms with E-state index < -0.39 is 22.9 Å². The van der Waals surface area contributed by atoms with E-state index in [1.165, 1.54) is 19.1 Å². The van der Waals surface area contributed by atoms with Gasteiger partial charge in [-0.15, -0.1) is 0 Å². The molecular weight excluding hydrogens is 386 g/mol. The first-order valence-corrected chi connectivity index (χ1v) is 9.74. The largest absolute Gasteiger partial charge is 0.449 e. The SMILES string of the molecule is CC[C@@H](CNC(=O)[C@H](C)OC(=O)c1cc([N+](=O)[O-])ccc1N(C)C)c1ccccc1. The molecule has 2 atom stereocenters. The molecule has 160 valence electrons. The number of nitrogens with zero attached hydrogens (tertiary/aromatic N) is 2. The van der Waals surface area contributed by atoms with Crippen molar-refractivity contribution in [1.29, 1.82) is 0 Å². The van der Waals surface area contributed by atoms with E-state index >= 15 is 0 Å². The Morgan fingerprint density at radius 2 is 1.83 bits per heavy atom. The first-order valence-electron chi connectivity index (χ1n) is 9.74. The number of non-ortho nitro benzene ring substituents is 1. The van der Waals surface area contributed by atoms with Crippen LogP contribution in [0.25, 0.3) is 0 Å². The van der Waals surface area contributed by atoms with Crippen LogP contribution in [-0.4, -0.2) is 43.5 Å². The first-order chi connectivity index (χ1) is 14.2. The molecule has 0 radical (unpaired) electrons.